The molecule has 0 N–H and O–H groups in total. The molecule has 2 heteroatoms. The molecule has 1 saturated carbocycles. The SMILES string of the molecule is O=CC1(c2ccccn2)CCCCCCC1. The molecule has 1 aromatic heterocycles. The Balaban J connectivity index is 2.25. The number of carbonyl (C=O) groups excluding carboxylic acids is 1. The van der Waals surface area contributed by atoms with E-state index in [2.05, 4.69) is 4.98 Å². The summed E-state index contributed by atoms with van der Waals surface area (Å²) in [5, 5.41) is 0. The second-order valence-corrected chi connectivity index (χ2v) is 4.76. The quantitative estimate of drug-likeness (QED) is 0.712. The van der Waals surface area contributed by atoms with Gasteiger partial charge in [0.05, 0.1) is 11.1 Å². The Kier molecular flexibility index (Phi) is 3.70. The summed E-state index contributed by atoms with van der Waals surface area (Å²) in [7, 11) is 0. The van der Waals surface area contributed by atoms with Crippen LogP contribution < -0.4 is 0 Å². The molecule has 16 heavy (non-hydrogen) atoms. The van der Waals surface area contributed by atoms with Gasteiger partial charge in [-0.2, -0.15) is 0 Å². The molecule has 1 heterocycles. The number of pyridine rings is 1. The Labute approximate surface area is 97.1 Å². The zero-order valence-corrected chi connectivity index (χ0v) is 9.69. The average Bonchev–Trinajstić information content (AvgIpc) is 2.31. The van der Waals surface area contributed by atoms with Crippen molar-refractivity contribution in [3.8, 4) is 0 Å². The van der Waals surface area contributed by atoms with E-state index in [-0.39, 0.29) is 5.41 Å². The molecular weight excluding hydrogens is 198 g/mol. The molecule has 2 rings (SSSR count). The predicted octanol–water partition coefficient (Wildman–Crippen LogP) is 3.26. The van der Waals surface area contributed by atoms with E-state index in [1.54, 1.807) is 6.20 Å². The van der Waals surface area contributed by atoms with Gasteiger partial charge in [-0.25, -0.2) is 0 Å². The van der Waals surface area contributed by atoms with Crippen molar-refractivity contribution in [3.05, 3.63) is 30.1 Å². The summed E-state index contributed by atoms with van der Waals surface area (Å²) in [6.07, 6.45) is 11.0. The van der Waals surface area contributed by atoms with Gasteiger partial charge in [0.15, 0.2) is 0 Å². The first-order valence-electron chi connectivity index (χ1n) is 6.25. The van der Waals surface area contributed by atoms with E-state index < -0.39 is 0 Å². The topological polar surface area (TPSA) is 30.0 Å². The summed E-state index contributed by atoms with van der Waals surface area (Å²) >= 11 is 0. The summed E-state index contributed by atoms with van der Waals surface area (Å²) in [6.45, 7) is 0. The van der Waals surface area contributed by atoms with Crippen molar-refractivity contribution in [3.63, 3.8) is 0 Å². The van der Waals surface area contributed by atoms with Crippen LogP contribution in [0.5, 0.6) is 0 Å². The third-order valence-electron chi connectivity index (χ3n) is 3.65. The van der Waals surface area contributed by atoms with Crippen LogP contribution in [-0.2, 0) is 10.2 Å². The van der Waals surface area contributed by atoms with Crippen molar-refractivity contribution in [2.45, 2.75) is 50.4 Å². The van der Waals surface area contributed by atoms with E-state index in [4.69, 9.17) is 0 Å². The van der Waals surface area contributed by atoms with E-state index in [1.165, 1.54) is 19.3 Å². The molecule has 1 fully saturated rings. The fraction of sp³-hybridized carbons (Fsp3) is 0.571. The Morgan fingerprint density at radius 3 is 2.31 bits per heavy atom. The number of aldehydes is 1. The largest absolute Gasteiger partial charge is 0.302 e. The molecule has 1 aromatic rings. The number of hydrogen-bond acceptors (Lipinski definition) is 2. The van der Waals surface area contributed by atoms with Gasteiger partial charge in [0, 0.05) is 6.20 Å². The minimum atomic E-state index is -0.304. The molecule has 0 atom stereocenters. The van der Waals surface area contributed by atoms with Crippen molar-refractivity contribution < 1.29 is 4.79 Å². The summed E-state index contributed by atoms with van der Waals surface area (Å²) in [5.41, 5.74) is 0.661. The van der Waals surface area contributed by atoms with Gasteiger partial charge in [0.1, 0.15) is 6.29 Å². The van der Waals surface area contributed by atoms with Crippen molar-refractivity contribution in [2.24, 2.45) is 0 Å². The molecule has 0 unspecified atom stereocenters. The number of hydrogen-bond donors (Lipinski definition) is 0. The highest BCUT2D eigenvalue weighted by Gasteiger charge is 2.32. The van der Waals surface area contributed by atoms with Gasteiger partial charge >= 0.3 is 0 Å². The van der Waals surface area contributed by atoms with E-state index in [0.29, 0.717) is 0 Å². The first-order valence-corrected chi connectivity index (χ1v) is 6.25. The standard InChI is InChI=1S/C14H19NO/c16-12-14(13-8-4-7-11-15-13)9-5-2-1-3-6-10-14/h4,7-8,11-12H,1-3,5-6,9-10H2. The molecule has 0 amide bonds. The molecule has 0 aliphatic heterocycles. The maximum absolute atomic E-state index is 11.5. The number of carbonyl (C=O) groups is 1. The molecule has 0 spiro atoms. The molecule has 0 bridgehead atoms. The fourth-order valence-electron chi connectivity index (χ4n) is 2.63. The summed E-state index contributed by atoms with van der Waals surface area (Å²) in [5.74, 6) is 0. The van der Waals surface area contributed by atoms with Crippen molar-refractivity contribution in [1.29, 1.82) is 0 Å². The van der Waals surface area contributed by atoms with E-state index in [0.717, 1.165) is 37.7 Å². The van der Waals surface area contributed by atoms with E-state index >= 15 is 0 Å². The lowest BCUT2D eigenvalue weighted by molar-refractivity contribution is -0.113. The lowest BCUT2D eigenvalue weighted by atomic mass is 9.75. The molecular formula is C14H19NO. The van der Waals surface area contributed by atoms with Crippen LogP contribution in [0.25, 0.3) is 0 Å². The molecule has 2 nitrogen and oxygen atoms in total. The summed E-state index contributed by atoms with van der Waals surface area (Å²) in [6, 6.07) is 5.88. The maximum atomic E-state index is 11.5. The van der Waals surface area contributed by atoms with Gasteiger partial charge in [0.25, 0.3) is 0 Å². The summed E-state index contributed by atoms with van der Waals surface area (Å²) < 4.78 is 0. The lowest BCUT2D eigenvalue weighted by Gasteiger charge is -2.29. The highest BCUT2D eigenvalue weighted by Crippen LogP contribution is 2.34. The third kappa shape index (κ3) is 2.31. The van der Waals surface area contributed by atoms with Crippen molar-refractivity contribution in [1.82, 2.24) is 4.98 Å². The van der Waals surface area contributed by atoms with Gasteiger partial charge in [-0.3, -0.25) is 4.98 Å². The minimum Gasteiger partial charge on any atom is -0.302 e. The van der Waals surface area contributed by atoms with E-state index in [1.807, 2.05) is 18.2 Å². The van der Waals surface area contributed by atoms with Gasteiger partial charge < -0.3 is 4.79 Å². The van der Waals surface area contributed by atoms with Crippen LogP contribution in [0.4, 0.5) is 0 Å². The van der Waals surface area contributed by atoms with Gasteiger partial charge in [-0.15, -0.1) is 0 Å². The highest BCUT2D eigenvalue weighted by atomic mass is 16.1. The second-order valence-electron chi connectivity index (χ2n) is 4.76. The smallest absolute Gasteiger partial charge is 0.132 e. The van der Waals surface area contributed by atoms with Crippen molar-refractivity contribution in [2.75, 3.05) is 0 Å². The van der Waals surface area contributed by atoms with Gasteiger partial charge in [0.2, 0.25) is 0 Å². The molecule has 1 aliphatic rings. The molecule has 86 valence electrons. The van der Waals surface area contributed by atoms with E-state index in [9.17, 15) is 4.79 Å². The minimum absolute atomic E-state index is 0.304. The van der Waals surface area contributed by atoms with Gasteiger partial charge in [-0.1, -0.05) is 38.2 Å². The Bertz CT molecular complexity index is 326. The Hall–Kier alpha value is -1.18. The Morgan fingerprint density at radius 2 is 1.75 bits per heavy atom. The molecule has 0 radical (unpaired) electrons. The summed E-state index contributed by atoms with van der Waals surface area (Å²) in [4.78, 5) is 15.9. The predicted molar refractivity (Wildman–Crippen MR) is 64.3 cm³/mol. The van der Waals surface area contributed by atoms with Crippen LogP contribution in [0.1, 0.15) is 50.6 Å². The van der Waals surface area contributed by atoms with Crippen LogP contribution in [0, 0.1) is 0 Å². The second kappa shape index (κ2) is 5.24. The zero-order valence-electron chi connectivity index (χ0n) is 9.69. The average molecular weight is 217 g/mol. The van der Waals surface area contributed by atoms with Crippen LogP contribution >= 0.6 is 0 Å². The van der Waals surface area contributed by atoms with Crippen LogP contribution in [0.3, 0.4) is 0 Å². The number of rotatable bonds is 2. The zero-order chi connectivity index (χ0) is 11.3. The monoisotopic (exact) mass is 217 g/mol. The van der Waals surface area contributed by atoms with Crippen LogP contribution in [0.2, 0.25) is 0 Å². The molecule has 0 aromatic carbocycles. The number of aromatic nitrogens is 1. The van der Waals surface area contributed by atoms with Gasteiger partial charge in [-0.05, 0) is 25.0 Å². The van der Waals surface area contributed by atoms with Crippen LogP contribution in [-0.4, -0.2) is 11.3 Å². The highest BCUT2D eigenvalue weighted by molar-refractivity contribution is 5.67. The Morgan fingerprint density at radius 1 is 1.06 bits per heavy atom. The number of nitrogens with zero attached hydrogens (tertiary/aromatic N) is 1. The third-order valence-corrected chi connectivity index (χ3v) is 3.65. The first-order chi connectivity index (χ1) is 7.87. The fourth-order valence-corrected chi connectivity index (χ4v) is 2.63. The lowest BCUT2D eigenvalue weighted by Crippen LogP contribution is -2.30. The molecule has 1 aliphatic carbocycles. The maximum Gasteiger partial charge on any atom is 0.132 e. The first kappa shape index (κ1) is 11.3. The molecule has 0 saturated heterocycles. The normalized spacial score (nSPS) is 20.8. The van der Waals surface area contributed by atoms with Crippen LogP contribution in [0.15, 0.2) is 24.4 Å². The van der Waals surface area contributed by atoms with Crippen molar-refractivity contribution >= 4 is 6.29 Å².